The molecule has 1 heterocycles. The Morgan fingerprint density at radius 3 is 2.41 bits per heavy atom. The molecule has 0 aliphatic carbocycles. The Balaban J connectivity index is 2.27. The summed E-state index contributed by atoms with van der Waals surface area (Å²) in [7, 11) is -1.84. The van der Waals surface area contributed by atoms with Crippen molar-refractivity contribution in [1.82, 2.24) is 4.90 Å². The SMILES string of the molecule is Cc1ccc(C(=O)N2CCC(C)CC2)cc1N(C)S(C)(=O)=O. The van der Waals surface area contributed by atoms with Crippen LogP contribution in [-0.2, 0) is 10.0 Å². The third-order valence-corrected chi connectivity index (χ3v) is 5.56. The summed E-state index contributed by atoms with van der Waals surface area (Å²) in [6.45, 7) is 5.58. The van der Waals surface area contributed by atoms with E-state index in [1.165, 1.54) is 11.4 Å². The molecule has 1 aromatic rings. The maximum atomic E-state index is 12.6. The van der Waals surface area contributed by atoms with Gasteiger partial charge in [-0.1, -0.05) is 13.0 Å². The number of aryl methyl sites for hydroxylation is 1. The number of amides is 1. The summed E-state index contributed by atoms with van der Waals surface area (Å²) in [5.74, 6) is 0.643. The van der Waals surface area contributed by atoms with Crippen LogP contribution in [0.4, 0.5) is 5.69 Å². The maximum absolute atomic E-state index is 12.6. The number of nitrogens with zero attached hydrogens (tertiary/aromatic N) is 2. The molecule has 1 amide bonds. The monoisotopic (exact) mass is 324 g/mol. The fourth-order valence-electron chi connectivity index (χ4n) is 2.65. The van der Waals surface area contributed by atoms with Gasteiger partial charge in [0.15, 0.2) is 0 Å². The zero-order valence-electron chi connectivity index (χ0n) is 13.7. The fraction of sp³-hybridized carbons (Fsp3) is 0.562. The molecule has 0 saturated carbocycles. The normalized spacial score (nSPS) is 16.6. The Morgan fingerprint density at radius 2 is 1.86 bits per heavy atom. The summed E-state index contributed by atoms with van der Waals surface area (Å²) in [4.78, 5) is 14.5. The standard InChI is InChI=1S/C16H24N2O3S/c1-12-7-9-18(10-8-12)16(19)14-6-5-13(2)15(11-14)17(3)22(4,20)21/h5-6,11-12H,7-10H2,1-4H3. The number of sulfonamides is 1. The van der Waals surface area contributed by atoms with Crippen LogP contribution in [0.15, 0.2) is 18.2 Å². The minimum Gasteiger partial charge on any atom is -0.339 e. The molecule has 6 heteroatoms. The maximum Gasteiger partial charge on any atom is 0.253 e. The Labute approximate surface area is 133 Å². The molecule has 0 N–H and O–H groups in total. The molecule has 0 atom stereocenters. The molecule has 122 valence electrons. The number of likely N-dealkylation sites (tertiary alicyclic amines) is 1. The Hall–Kier alpha value is -1.56. The predicted molar refractivity (Wildman–Crippen MR) is 88.7 cm³/mol. The Kier molecular flexibility index (Phi) is 4.80. The van der Waals surface area contributed by atoms with Crippen LogP contribution in [0.25, 0.3) is 0 Å². The molecule has 5 nitrogen and oxygen atoms in total. The first kappa shape index (κ1) is 16.8. The van der Waals surface area contributed by atoms with E-state index in [-0.39, 0.29) is 5.91 Å². The first-order valence-corrected chi connectivity index (χ1v) is 9.39. The van der Waals surface area contributed by atoms with Gasteiger partial charge in [-0.3, -0.25) is 9.10 Å². The van der Waals surface area contributed by atoms with Gasteiger partial charge >= 0.3 is 0 Å². The molecule has 22 heavy (non-hydrogen) atoms. The van der Waals surface area contributed by atoms with E-state index in [9.17, 15) is 13.2 Å². The summed E-state index contributed by atoms with van der Waals surface area (Å²) >= 11 is 0. The number of rotatable bonds is 3. The first-order chi connectivity index (χ1) is 10.2. The lowest BCUT2D eigenvalue weighted by Crippen LogP contribution is -2.38. The van der Waals surface area contributed by atoms with Crippen LogP contribution in [0.3, 0.4) is 0 Å². The Bertz CT molecular complexity index is 662. The van der Waals surface area contributed by atoms with Crippen LogP contribution < -0.4 is 4.31 Å². The molecule has 0 unspecified atom stereocenters. The van der Waals surface area contributed by atoms with E-state index in [1.807, 2.05) is 11.8 Å². The summed E-state index contributed by atoms with van der Waals surface area (Å²) in [5.41, 5.74) is 1.93. The van der Waals surface area contributed by atoms with Crippen molar-refractivity contribution in [3.05, 3.63) is 29.3 Å². The molecular weight excluding hydrogens is 300 g/mol. The quantitative estimate of drug-likeness (QED) is 0.857. The van der Waals surface area contributed by atoms with Gasteiger partial charge in [0.1, 0.15) is 0 Å². The lowest BCUT2D eigenvalue weighted by atomic mass is 9.98. The van der Waals surface area contributed by atoms with Crippen LogP contribution in [0, 0.1) is 12.8 Å². The van der Waals surface area contributed by atoms with Gasteiger partial charge < -0.3 is 4.90 Å². The number of benzene rings is 1. The topological polar surface area (TPSA) is 57.7 Å². The molecule has 0 radical (unpaired) electrons. The van der Waals surface area contributed by atoms with E-state index in [4.69, 9.17) is 0 Å². The molecular formula is C16H24N2O3S. The second-order valence-corrected chi connectivity index (χ2v) is 8.22. The zero-order chi connectivity index (χ0) is 16.5. The minimum absolute atomic E-state index is 0.0185. The van der Waals surface area contributed by atoms with E-state index in [1.54, 1.807) is 18.2 Å². The third-order valence-electron chi connectivity index (χ3n) is 4.36. The largest absolute Gasteiger partial charge is 0.339 e. The molecule has 1 fully saturated rings. The van der Waals surface area contributed by atoms with Gasteiger partial charge in [-0.15, -0.1) is 0 Å². The third kappa shape index (κ3) is 3.61. The van der Waals surface area contributed by atoms with Gasteiger partial charge in [0.2, 0.25) is 10.0 Å². The number of hydrogen-bond donors (Lipinski definition) is 0. The van der Waals surface area contributed by atoms with Crippen molar-refractivity contribution >= 4 is 21.6 Å². The van der Waals surface area contributed by atoms with Gasteiger partial charge in [0.25, 0.3) is 5.91 Å². The zero-order valence-corrected chi connectivity index (χ0v) is 14.5. The summed E-state index contributed by atoms with van der Waals surface area (Å²) in [6.07, 6.45) is 3.20. The van der Waals surface area contributed by atoms with E-state index in [0.717, 1.165) is 37.8 Å². The summed E-state index contributed by atoms with van der Waals surface area (Å²) < 4.78 is 24.7. The number of carbonyl (C=O) groups excluding carboxylic acids is 1. The molecule has 1 aliphatic rings. The van der Waals surface area contributed by atoms with Crippen molar-refractivity contribution in [2.24, 2.45) is 5.92 Å². The van der Waals surface area contributed by atoms with Gasteiger partial charge in [0, 0.05) is 25.7 Å². The van der Waals surface area contributed by atoms with Gasteiger partial charge in [-0.2, -0.15) is 0 Å². The molecule has 0 bridgehead atoms. The smallest absolute Gasteiger partial charge is 0.253 e. The second kappa shape index (κ2) is 6.28. The highest BCUT2D eigenvalue weighted by atomic mass is 32.2. The molecule has 1 aromatic carbocycles. The van der Waals surface area contributed by atoms with E-state index >= 15 is 0 Å². The van der Waals surface area contributed by atoms with Crippen molar-refractivity contribution in [3.63, 3.8) is 0 Å². The van der Waals surface area contributed by atoms with Gasteiger partial charge in [0.05, 0.1) is 11.9 Å². The van der Waals surface area contributed by atoms with Crippen LogP contribution >= 0.6 is 0 Å². The highest BCUT2D eigenvalue weighted by Crippen LogP contribution is 2.24. The number of piperidine rings is 1. The summed E-state index contributed by atoms with van der Waals surface area (Å²) in [5, 5.41) is 0. The van der Waals surface area contributed by atoms with Crippen LogP contribution in [-0.4, -0.2) is 45.6 Å². The van der Waals surface area contributed by atoms with Crippen molar-refractivity contribution in [1.29, 1.82) is 0 Å². The average Bonchev–Trinajstić information content (AvgIpc) is 2.46. The average molecular weight is 324 g/mol. The number of anilines is 1. The Morgan fingerprint density at radius 1 is 1.27 bits per heavy atom. The van der Waals surface area contributed by atoms with Crippen molar-refractivity contribution < 1.29 is 13.2 Å². The van der Waals surface area contributed by atoms with Crippen LogP contribution in [0.2, 0.25) is 0 Å². The molecule has 0 spiro atoms. The predicted octanol–water partition coefficient (Wildman–Crippen LogP) is 2.26. The van der Waals surface area contributed by atoms with E-state index in [0.29, 0.717) is 17.2 Å². The number of carbonyl (C=O) groups is 1. The van der Waals surface area contributed by atoms with Gasteiger partial charge in [-0.05, 0) is 43.4 Å². The van der Waals surface area contributed by atoms with E-state index in [2.05, 4.69) is 6.92 Å². The van der Waals surface area contributed by atoms with Gasteiger partial charge in [-0.25, -0.2) is 8.42 Å². The van der Waals surface area contributed by atoms with Crippen LogP contribution in [0.1, 0.15) is 35.7 Å². The molecule has 1 aliphatic heterocycles. The highest BCUT2D eigenvalue weighted by Gasteiger charge is 2.23. The van der Waals surface area contributed by atoms with Crippen molar-refractivity contribution in [2.75, 3.05) is 30.7 Å². The molecule has 1 saturated heterocycles. The minimum atomic E-state index is -3.34. The number of hydrogen-bond acceptors (Lipinski definition) is 3. The lowest BCUT2D eigenvalue weighted by Gasteiger charge is -2.30. The van der Waals surface area contributed by atoms with Crippen molar-refractivity contribution in [3.8, 4) is 0 Å². The molecule has 0 aromatic heterocycles. The fourth-order valence-corrected chi connectivity index (χ4v) is 3.21. The first-order valence-electron chi connectivity index (χ1n) is 7.54. The lowest BCUT2D eigenvalue weighted by molar-refractivity contribution is 0.0697. The summed E-state index contributed by atoms with van der Waals surface area (Å²) in [6, 6.07) is 5.25. The molecule has 2 rings (SSSR count). The second-order valence-electron chi connectivity index (χ2n) is 6.21. The van der Waals surface area contributed by atoms with E-state index < -0.39 is 10.0 Å². The van der Waals surface area contributed by atoms with Crippen molar-refractivity contribution in [2.45, 2.75) is 26.7 Å². The van der Waals surface area contributed by atoms with Crippen LogP contribution in [0.5, 0.6) is 0 Å². The highest BCUT2D eigenvalue weighted by molar-refractivity contribution is 7.92.